The molecule has 1 atom stereocenters. The van der Waals surface area contributed by atoms with Crippen LogP contribution in [0.2, 0.25) is 0 Å². The van der Waals surface area contributed by atoms with Gasteiger partial charge in [-0.2, -0.15) is 0 Å². The number of carbonyl (C=O) groups excluding carboxylic acids is 2. The van der Waals surface area contributed by atoms with E-state index in [-0.39, 0.29) is 17.9 Å². The van der Waals surface area contributed by atoms with Gasteiger partial charge in [0.2, 0.25) is 0 Å². The largest absolute Gasteiger partial charge is 0.464 e. The number of nitrogens with zero attached hydrogens (tertiary/aromatic N) is 1. The smallest absolute Gasteiger partial charge is 0.323 e. The molecule has 0 aliphatic carbocycles. The fourth-order valence-corrected chi connectivity index (χ4v) is 2.19. The number of cyclic esters (lactones) is 1. The van der Waals surface area contributed by atoms with Gasteiger partial charge in [-0.05, 0) is 24.7 Å². The summed E-state index contributed by atoms with van der Waals surface area (Å²) in [5, 5.41) is 2.58. The summed E-state index contributed by atoms with van der Waals surface area (Å²) in [6.07, 6.45) is 0.742. The van der Waals surface area contributed by atoms with Crippen LogP contribution in [0.25, 0.3) is 0 Å². The maximum absolute atomic E-state index is 11.5. The Balaban J connectivity index is 1.99. The van der Waals surface area contributed by atoms with E-state index >= 15 is 0 Å². The molecular weight excluding hydrogens is 244 g/mol. The minimum atomic E-state index is -0.154. The number of hydrogen-bond acceptors (Lipinski definition) is 4. The lowest BCUT2D eigenvalue weighted by Crippen LogP contribution is -2.34. The van der Waals surface area contributed by atoms with Gasteiger partial charge in [0.25, 0.3) is 5.91 Å². The molecule has 5 heteroatoms. The average molecular weight is 262 g/mol. The van der Waals surface area contributed by atoms with E-state index < -0.39 is 0 Å². The van der Waals surface area contributed by atoms with Gasteiger partial charge in [-0.25, -0.2) is 0 Å². The first-order chi connectivity index (χ1) is 9.11. The van der Waals surface area contributed by atoms with Crippen molar-refractivity contribution in [2.45, 2.75) is 19.0 Å². The summed E-state index contributed by atoms with van der Waals surface area (Å²) in [6.45, 7) is 1.16. The van der Waals surface area contributed by atoms with E-state index in [0.717, 1.165) is 12.0 Å². The molecule has 19 heavy (non-hydrogen) atoms. The summed E-state index contributed by atoms with van der Waals surface area (Å²) in [4.78, 5) is 24.9. The molecule has 1 N–H and O–H groups in total. The molecular formula is C14H18N2O3. The fraction of sp³-hybridized carbons (Fsp3) is 0.429. The van der Waals surface area contributed by atoms with Crippen molar-refractivity contribution in [1.82, 2.24) is 10.2 Å². The van der Waals surface area contributed by atoms with Gasteiger partial charge in [-0.15, -0.1) is 0 Å². The third-order valence-electron chi connectivity index (χ3n) is 3.31. The van der Waals surface area contributed by atoms with Crippen LogP contribution in [0.5, 0.6) is 0 Å². The highest BCUT2D eigenvalue weighted by atomic mass is 16.5. The van der Waals surface area contributed by atoms with Crippen molar-refractivity contribution in [2.75, 3.05) is 20.7 Å². The second-order valence-corrected chi connectivity index (χ2v) is 4.66. The average Bonchev–Trinajstić information content (AvgIpc) is 2.85. The number of benzene rings is 1. The highest BCUT2D eigenvalue weighted by Crippen LogP contribution is 2.15. The first-order valence-electron chi connectivity index (χ1n) is 6.29. The Kier molecular flexibility index (Phi) is 4.16. The summed E-state index contributed by atoms with van der Waals surface area (Å²) in [5.41, 5.74) is 1.70. The van der Waals surface area contributed by atoms with Crippen molar-refractivity contribution >= 4 is 11.9 Å². The lowest BCUT2D eigenvalue weighted by Gasteiger charge is -2.20. The van der Waals surface area contributed by atoms with Crippen molar-refractivity contribution in [3.63, 3.8) is 0 Å². The van der Waals surface area contributed by atoms with Gasteiger partial charge in [-0.3, -0.25) is 14.5 Å². The molecule has 5 nitrogen and oxygen atoms in total. The molecule has 0 bridgehead atoms. The van der Waals surface area contributed by atoms with Crippen molar-refractivity contribution in [3.8, 4) is 0 Å². The molecule has 2 rings (SSSR count). The Hall–Kier alpha value is -1.88. The Bertz CT molecular complexity index is 470. The predicted octanol–water partition coefficient (Wildman–Crippen LogP) is 0.793. The maximum Gasteiger partial charge on any atom is 0.323 e. The molecule has 1 aliphatic heterocycles. The number of rotatable bonds is 4. The summed E-state index contributed by atoms with van der Waals surface area (Å²) >= 11 is 0. The molecule has 0 unspecified atom stereocenters. The molecule has 1 aromatic carbocycles. The number of amides is 1. The second kappa shape index (κ2) is 5.84. The Morgan fingerprint density at radius 3 is 2.63 bits per heavy atom. The van der Waals surface area contributed by atoms with Crippen LogP contribution in [0.1, 0.15) is 22.3 Å². The van der Waals surface area contributed by atoms with Crippen LogP contribution in [0, 0.1) is 0 Å². The summed E-state index contributed by atoms with van der Waals surface area (Å²) in [6, 6.07) is 7.23. The normalized spacial score (nSPS) is 18.5. The van der Waals surface area contributed by atoms with Crippen molar-refractivity contribution in [2.24, 2.45) is 0 Å². The second-order valence-electron chi connectivity index (χ2n) is 4.66. The summed E-state index contributed by atoms with van der Waals surface area (Å²) < 4.78 is 4.96. The minimum Gasteiger partial charge on any atom is -0.464 e. The van der Waals surface area contributed by atoms with E-state index in [1.807, 2.05) is 24.1 Å². The minimum absolute atomic E-state index is 0.0979. The fourth-order valence-electron chi connectivity index (χ4n) is 2.19. The van der Waals surface area contributed by atoms with Gasteiger partial charge in [0.15, 0.2) is 0 Å². The van der Waals surface area contributed by atoms with Crippen LogP contribution in [0.4, 0.5) is 0 Å². The zero-order valence-corrected chi connectivity index (χ0v) is 11.2. The summed E-state index contributed by atoms with van der Waals surface area (Å²) in [7, 11) is 3.51. The zero-order valence-electron chi connectivity index (χ0n) is 11.2. The van der Waals surface area contributed by atoms with E-state index in [2.05, 4.69) is 5.32 Å². The monoisotopic (exact) mass is 262 g/mol. The molecule has 1 fully saturated rings. The molecule has 1 heterocycles. The third-order valence-corrected chi connectivity index (χ3v) is 3.31. The molecule has 1 amide bonds. The topological polar surface area (TPSA) is 58.6 Å². The van der Waals surface area contributed by atoms with Crippen LogP contribution in [-0.2, 0) is 16.1 Å². The van der Waals surface area contributed by atoms with E-state index in [0.29, 0.717) is 18.7 Å². The van der Waals surface area contributed by atoms with Gasteiger partial charge in [-0.1, -0.05) is 12.1 Å². The quantitative estimate of drug-likeness (QED) is 0.815. The van der Waals surface area contributed by atoms with E-state index in [1.165, 1.54) is 0 Å². The Morgan fingerprint density at radius 1 is 1.42 bits per heavy atom. The highest BCUT2D eigenvalue weighted by molar-refractivity contribution is 5.93. The Morgan fingerprint density at radius 2 is 2.11 bits per heavy atom. The first-order valence-corrected chi connectivity index (χ1v) is 6.29. The molecule has 1 aromatic rings. The van der Waals surface area contributed by atoms with Gasteiger partial charge in [0, 0.05) is 25.6 Å². The van der Waals surface area contributed by atoms with Crippen molar-refractivity contribution in [1.29, 1.82) is 0 Å². The number of nitrogens with one attached hydrogen (secondary N) is 1. The molecule has 1 aliphatic rings. The molecule has 0 aromatic heterocycles. The van der Waals surface area contributed by atoms with E-state index in [1.54, 1.807) is 19.2 Å². The Labute approximate surface area is 112 Å². The highest BCUT2D eigenvalue weighted by Gasteiger charge is 2.29. The first kappa shape index (κ1) is 13.5. The van der Waals surface area contributed by atoms with Gasteiger partial charge < -0.3 is 10.1 Å². The standard InChI is InChI=1S/C14H18N2O3/c1-15-13(17)11-5-3-10(4-6-11)9-16(2)12-7-8-19-14(12)18/h3-6,12H,7-9H2,1-2H3,(H,15,17)/t12-/m1/s1. The van der Waals surface area contributed by atoms with E-state index in [4.69, 9.17) is 4.74 Å². The van der Waals surface area contributed by atoms with Crippen molar-refractivity contribution < 1.29 is 14.3 Å². The van der Waals surface area contributed by atoms with Gasteiger partial charge in [0.1, 0.15) is 6.04 Å². The van der Waals surface area contributed by atoms with Crippen LogP contribution in [0.15, 0.2) is 24.3 Å². The van der Waals surface area contributed by atoms with Crippen molar-refractivity contribution in [3.05, 3.63) is 35.4 Å². The molecule has 0 saturated carbocycles. The van der Waals surface area contributed by atoms with E-state index in [9.17, 15) is 9.59 Å². The van der Waals surface area contributed by atoms with Crippen LogP contribution in [0.3, 0.4) is 0 Å². The molecule has 102 valence electrons. The number of carbonyl (C=O) groups is 2. The van der Waals surface area contributed by atoms with Crippen LogP contribution >= 0.6 is 0 Å². The van der Waals surface area contributed by atoms with Crippen LogP contribution < -0.4 is 5.32 Å². The maximum atomic E-state index is 11.5. The van der Waals surface area contributed by atoms with Crippen LogP contribution in [-0.4, -0.2) is 43.5 Å². The summed E-state index contributed by atoms with van der Waals surface area (Å²) in [5.74, 6) is -0.247. The van der Waals surface area contributed by atoms with Gasteiger partial charge in [0.05, 0.1) is 6.61 Å². The number of hydrogen-bond donors (Lipinski definition) is 1. The zero-order chi connectivity index (χ0) is 13.8. The molecule has 1 saturated heterocycles. The third kappa shape index (κ3) is 3.12. The number of esters is 1. The lowest BCUT2D eigenvalue weighted by atomic mass is 10.1. The molecule has 0 spiro atoms. The lowest BCUT2D eigenvalue weighted by molar-refractivity contribution is -0.142. The molecule has 0 radical (unpaired) electrons. The number of likely N-dealkylation sites (N-methyl/N-ethyl adjacent to an activating group) is 1. The number of ether oxygens (including phenoxy) is 1. The SMILES string of the molecule is CNC(=O)c1ccc(CN(C)[C@@H]2CCOC2=O)cc1. The van der Waals surface area contributed by atoms with Gasteiger partial charge >= 0.3 is 5.97 Å². The predicted molar refractivity (Wildman–Crippen MR) is 70.7 cm³/mol.